The predicted octanol–water partition coefficient (Wildman–Crippen LogP) is 1.79. The molecule has 0 bridgehead atoms. The standard InChI is InChI=1S/C15H25NO3/c1-4-12(17)7-8-16-10-14(18)13-9-11(2)5-6-15(13)19-3/h5-6,9,12,14,16-18H,4,7-8,10H2,1-3H3. The first-order valence-corrected chi connectivity index (χ1v) is 6.79. The van der Waals surface area contributed by atoms with Crippen LogP contribution in [0.25, 0.3) is 0 Å². The smallest absolute Gasteiger partial charge is 0.124 e. The van der Waals surface area contributed by atoms with E-state index in [9.17, 15) is 10.2 Å². The van der Waals surface area contributed by atoms with Crippen molar-refractivity contribution in [1.29, 1.82) is 0 Å². The van der Waals surface area contributed by atoms with Crippen molar-refractivity contribution in [2.75, 3.05) is 20.2 Å². The first-order valence-electron chi connectivity index (χ1n) is 6.79. The van der Waals surface area contributed by atoms with Gasteiger partial charge >= 0.3 is 0 Å². The Kier molecular flexibility index (Phi) is 6.84. The molecular weight excluding hydrogens is 242 g/mol. The summed E-state index contributed by atoms with van der Waals surface area (Å²) in [6.07, 6.45) is 0.594. The van der Waals surface area contributed by atoms with E-state index in [0.29, 0.717) is 25.3 Å². The molecule has 1 aromatic rings. The highest BCUT2D eigenvalue weighted by molar-refractivity contribution is 5.38. The first-order chi connectivity index (χ1) is 9.08. The summed E-state index contributed by atoms with van der Waals surface area (Å²) in [5.41, 5.74) is 1.89. The largest absolute Gasteiger partial charge is 0.496 e. The lowest BCUT2D eigenvalue weighted by Crippen LogP contribution is -2.25. The molecular formula is C15H25NO3. The van der Waals surface area contributed by atoms with Crippen LogP contribution < -0.4 is 10.1 Å². The van der Waals surface area contributed by atoms with Gasteiger partial charge in [-0.05, 0) is 38.4 Å². The molecule has 0 aliphatic carbocycles. The Morgan fingerprint density at radius 3 is 2.68 bits per heavy atom. The van der Waals surface area contributed by atoms with Crippen molar-refractivity contribution in [2.24, 2.45) is 0 Å². The van der Waals surface area contributed by atoms with Crippen LogP contribution in [0, 0.1) is 6.92 Å². The number of aryl methyl sites for hydroxylation is 1. The first kappa shape index (κ1) is 16.0. The molecule has 0 aliphatic rings. The molecule has 0 saturated heterocycles. The van der Waals surface area contributed by atoms with E-state index in [2.05, 4.69) is 5.32 Å². The Morgan fingerprint density at radius 2 is 2.05 bits per heavy atom. The van der Waals surface area contributed by atoms with Gasteiger partial charge in [0.15, 0.2) is 0 Å². The van der Waals surface area contributed by atoms with Crippen LogP contribution in [-0.2, 0) is 0 Å². The molecule has 4 nitrogen and oxygen atoms in total. The summed E-state index contributed by atoms with van der Waals surface area (Å²) in [7, 11) is 1.60. The normalized spacial score (nSPS) is 14.2. The van der Waals surface area contributed by atoms with Gasteiger partial charge < -0.3 is 20.3 Å². The van der Waals surface area contributed by atoms with Crippen molar-refractivity contribution in [2.45, 2.75) is 38.9 Å². The highest BCUT2D eigenvalue weighted by Crippen LogP contribution is 2.25. The minimum absolute atomic E-state index is 0.266. The number of methoxy groups -OCH3 is 1. The van der Waals surface area contributed by atoms with Crippen molar-refractivity contribution in [3.63, 3.8) is 0 Å². The molecule has 2 atom stereocenters. The topological polar surface area (TPSA) is 61.7 Å². The maximum Gasteiger partial charge on any atom is 0.124 e. The SMILES string of the molecule is CCC(O)CCNCC(O)c1cc(C)ccc1OC. The van der Waals surface area contributed by atoms with E-state index in [0.717, 1.165) is 17.5 Å². The van der Waals surface area contributed by atoms with Crippen molar-refractivity contribution in [3.8, 4) is 5.75 Å². The fourth-order valence-corrected chi connectivity index (χ4v) is 1.94. The molecule has 3 N–H and O–H groups in total. The van der Waals surface area contributed by atoms with Gasteiger partial charge in [0, 0.05) is 12.1 Å². The van der Waals surface area contributed by atoms with Crippen LogP contribution in [0.1, 0.15) is 37.0 Å². The van der Waals surface area contributed by atoms with E-state index >= 15 is 0 Å². The summed E-state index contributed by atoms with van der Waals surface area (Å²) in [5.74, 6) is 0.702. The summed E-state index contributed by atoms with van der Waals surface area (Å²) < 4.78 is 5.26. The zero-order valence-electron chi connectivity index (χ0n) is 12.0. The summed E-state index contributed by atoms with van der Waals surface area (Å²) in [6.45, 7) is 5.09. The van der Waals surface area contributed by atoms with E-state index in [-0.39, 0.29) is 6.10 Å². The molecule has 0 radical (unpaired) electrons. The monoisotopic (exact) mass is 267 g/mol. The van der Waals surface area contributed by atoms with E-state index in [1.165, 1.54) is 0 Å². The van der Waals surface area contributed by atoms with Gasteiger partial charge in [0.25, 0.3) is 0 Å². The molecule has 4 heteroatoms. The molecule has 2 unspecified atom stereocenters. The fourth-order valence-electron chi connectivity index (χ4n) is 1.94. The Bertz CT molecular complexity index is 382. The second-order valence-corrected chi connectivity index (χ2v) is 4.82. The molecule has 0 aliphatic heterocycles. The second kappa shape index (κ2) is 8.15. The number of ether oxygens (including phenoxy) is 1. The number of hydrogen-bond donors (Lipinski definition) is 3. The Balaban J connectivity index is 2.49. The Hall–Kier alpha value is -1.10. The van der Waals surface area contributed by atoms with Gasteiger partial charge in [-0.2, -0.15) is 0 Å². The molecule has 0 heterocycles. The van der Waals surface area contributed by atoms with E-state index < -0.39 is 6.10 Å². The van der Waals surface area contributed by atoms with E-state index in [4.69, 9.17) is 4.74 Å². The third-order valence-electron chi connectivity index (χ3n) is 3.21. The van der Waals surface area contributed by atoms with E-state index in [1.54, 1.807) is 7.11 Å². The zero-order valence-corrected chi connectivity index (χ0v) is 12.0. The number of aliphatic hydroxyl groups excluding tert-OH is 2. The van der Waals surface area contributed by atoms with Gasteiger partial charge in [-0.1, -0.05) is 18.6 Å². The average molecular weight is 267 g/mol. The van der Waals surface area contributed by atoms with Gasteiger partial charge in [-0.15, -0.1) is 0 Å². The van der Waals surface area contributed by atoms with Crippen LogP contribution in [0.2, 0.25) is 0 Å². The minimum Gasteiger partial charge on any atom is -0.496 e. The van der Waals surface area contributed by atoms with Gasteiger partial charge in [0.05, 0.1) is 19.3 Å². The summed E-state index contributed by atoms with van der Waals surface area (Å²) in [6, 6.07) is 5.76. The van der Waals surface area contributed by atoms with Gasteiger partial charge in [-0.25, -0.2) is 0 Å². The lowest BCUT2D eigenvalue weighted by atomic mass is 10.1. The Morgan fingerprint density at radius 1 is 1.32 bits per heavy atom. The van der Waals surface area contributed by atoms with E-state index in [1.807, 2.05) is 32.0 Å². The van der Waals surface area contributed by atoms with Crippen LogP contribution in [0.5, 0.6) is 5.75 Å². The molecule has 0 saturated carbocycles. The van der Waals surface area contributed by atoms with Gasteiger partial charge in [0.1, 0.15) is 5.75 Å². The van der Waals surface area contributed by atoms with Crippen LogP contribution >= 0.6 is 0 Å². The summed E-state index contributed by atoms with van der Waals surface area (Å²) in [5, 5.41) is 22.8. The molecule has 1 rings (SSSR count). The predicted molar refractivity (Wildman–Crippen MR) is 76.5 cm³/mol. The number of rotatable bonds is 8. The summed E-state index contributed by atoms with van der Waals surface area (Å²) in [4.78, 5) is 0. The number of benzene rings is 1. The minimum atomic E-state index is -0.603. The van der Waals surface area contributed by atoms with Gasteiger partial charge in [0.2, 0.25) is 0 Å². The highest BCUT2D eigenvalue weighted by Gasteiger charge is 2.13. The third kappa shape index (κ3) is 5.19. The molecule has 0 fully saturated rings. The Labute approximate surface area is 115 Å². The van der Waals surface area contributed by atoms with Crippen LogP contribution in [-0.4, -0.2) is 36.5 Å². The zero-order chi connectivity index (χ0) is 14.3. The molecule has 19 heavy (non-hydrogen) atoms. The average Bonchev–Trinajstić information content (AvgIpc) is 2.42. The van der Waals surface area contributed by atoms with Crippen molar-refractivity contribution < 1.29 is 14.9 Å². The molecule has 0 aromatic heterocycles. The van der Waals surface area contributed by atoms with Crippen LogP contribution in [0.4, 0.5) is 0 Å². The third-order valence-corrected chi connectivity index (χ3v) is 3.21. The van der Waals surface area contributed by atoms with Crippen molar-refractivity contribution in [3.05, 3.63) is 29.3 Å². The molecule has 108 valence electrons. The molecule has 0 amide bonds. The van der Waals surface area contributed by atoms with Crippen molar-refractivity contribution in [1.82, 2.24) is 5.32 Å². The summed E-state index contributed by atoms with van der Waals surface area (Å²) >= 11 is 0. The maximum atomic E-state index is 10.2. The quantitative estimate of drug-likeness (QED) is 0.628. The number of hydrogen-bond acceptors (Lipinski definition) is 4. The highest BCUT2D eigenvalue weighted by atomic mass is 16.5. The fraction of sp³-hybridized carbons (Fsp3) is 0.600. The molecule has 1 aromatic carbocycles. The van der Waals surface area contributed by atoms with Gasteiger partial charge in [-0.3, -0.25) is 0 Å². The second-order valence-electron chi connectivity index (χ2n) is 4.82. The van der Waals surface area contributed by atoms with Crippen molar-refractivity contribution >= 4 is 0 Å². The maximum absolute atomic E-state index is 10.2. The lowest BCUT2D eigenvalue weighted by Gasteiger charge is -2.16. The lowest BCUT2D eigenvalue weighted by molar-refractivity contribution is 0.149. The van der Waals surface area contributed by atoms with Crippen LogP contribution in [0.3, 0.4) is 0 Å². The number of aliphatic hydroxyl groups is 2. The molecule has 0 spiro atoms. The van der Waals surface area contributed by atoms with Crippen LogP contribution in [0.15, 0.2) is 18.2 Å². The number of nitrogens with one attached hydrogen (secondary N) is 1.